The van der Waals surface area contributed by atoms with E-state index in [4.69, 9.17) is 0 Å². The van der Waals surface area contributed by atoms with Gasteiger partial charge in [0.25, 0.3) is 0 Å². The van der Waals surface area contributed by atoms with Crippen LogP contribution in [-0.4, -0.2) is 55.8 Å². The molecule has 0 spiro atoms. The second kappa shape index (κ2) is 4.67. The lowest BCUT2D eigenvalue weighted by molar-refractivity contribution is 0.222. The third-order valence-corrected chi connectivity index (χ3v) is 4.64. The van der Waals surface area contributed by atoms with Gasteiger partial charge in [0, 0.05) is 32.4 Å². The monoisotopic (exact) mass is 259 g/mol. The summed E-state index contributed by atoms with van der Waals surface area (Å²) in [7, 11) is -1.67. The summed E-state index contributed by atoms with van der Waals surface area (Å²) < 4.78 is 38.6. The van der Waals surface area contributed by atoms with Crippen molar-refractivity contribution in [2.45, 2.75) is 4.90 Å². The van der Waals surface area contributed by atoms with Crippen LogP contribution in [0.25, 0.3) is 0 Å². The minimum absolute atomic E-state index is 0.0814. The highest BCUT2D eigenvalue weighted by atomic mass is 32.2. The van der Waals surface area contributed by atoms with Crippen LogP contribution in [0.15, 0.2) is 23.4 Å². The number of hydrogen-bond donors (Lipinski definition) is 0. The molecule has 0 aliphatic carbocycles. The number of hydrogen-bond acceptors (Lipinski definition) is 4. The van der Waals surface area contributed by atoms with Crippen molar-refractivity contribution in [1.29, 1.82) is 0 Å². The van der Waals surface area contributed by atoms with Crippen molar-refractivity contribution < 1.29 is 12.8 Å². The van der Waals surface area contributed by atoms with Gasteiger partial charge in [-0.1, -0.05) is 0 Å². The predicted octanol–water partition coefficient (Wildman–Crippen LogP) is 0.157. The van der Waals surface area contributed by atoms with E-state index < -0.39 is 15.8 Å². The predicted molar refractivity (Wildman–Crippen MR) is 60.5 cm³/mol. The number of rotatable bonds is 2. The van der Waals surface area contributed by atoms with Crippen LogP contribution in [0.5, 0.6) is 0 Å². The van der Waals surface area contributed by atoms with Gasteiger partial charge in [0.15, 0.2) is 0 Å². The van der Waals surface area contributed by atoms with Crippen LogP contribution in [-0.2, 0) is 10.0 Å². The van der Waals surface area contributed by atoms with E-state index in [2.05, 4.69) is 9.88 Å². The van der Waals surface area contributed by atoms with Crippen LogP contribution in [0.1, 0.15) is 0 Å². The first kappa shape index (κ1) is 12.4. The Morgan fingerprint density at radius 1 is 1.24 bits per heavy atom. The molecule has 1 aliphatic rings. The van der Waals surface area contributed by atoms with E-state index in [0.717, 1.165) is 12.3 Å². The standard InChI is InChI=1S/C10H14FN3O2S/c1-13-2-4-14(5-3-13)17(15,16)10-6-9(11)7-12-8-10/h6-8H,2-5H2,1H3. The van der Waals surface area contributed by atoms with E-state index in [-0.39, 0.29) is 4.90 Å². The van der Waals surface area contributed by atoms with Crippen LogP contribution in [0, 0.1) is 5.82 Å². The summed E-state index contributed by atoms with van der Waals surface area (Å²) in [5, 5.41) is 0. The summed E-state index contributed by atoms with van der Waals surface area (Å²) in [4.78, 5) is 5.54. The smallest absolute Gasteiger partial charge is 0.244 e. The molecular weight excluding hydrogens is 245 g/mol. The molecule has 0 aromatic carbocycles. The van der Waals surface area contributed by atoms with Gasteiger partial charge in [0.05, 0.1) is 6.20 Å². The second-order valence-electron chi connectivity index (χ2n) is 4.05. The third kappa shape index (κ3) is 2.62. The molecule has 1 fully saturated rings. The molecule has 0 N–H and O–H groups in total. The minimum atomic E-state index is -3.60. The maximum absolute atomic E-state index is 13.0. The maximum Gasteiger partial charge on any atom is 0.244 e. The van der Waals surface area contributed by atoms with Crippen molar-refractivity contribution in [3.05, 3.63) is 24.3 Å². The van der Waals surface area contributed by atoms with Crippen LogP contribution in [0.3, 0.4) is 0 Å². The largest absolute Gasteiger partial charge is 0.304 e. The molecule has 1 saturated heterocycles. The van der Waals surface area contributed by atoms with Crippen molar-refractivity contribution in [1.82, 2.24) is 14.2 Å². The summed E-state index contributed by atoms with van der Waals surface area (Å²) in [5.41, 5.74) is 0. The Labute approximate surface area is 99.9 Å². The molecule has 0 radical (unpaired) electrons. The molecule has 0 bridgehead atoms. The molecular formula is C10H14FN3O2S. The molecule has 2 rings (SSSR count). The molecule has 2 heterocycles. The van der Waals surface area contributed by atoms with Crippen LogP contribution < -0.4 is 0 Å². The molecule has 0 saturated carbocycles. The zero-order chi connectivity index (χ0) is 12.5. The average Bonchev–Trinajstić information content (AvgIpc) is 2.29. The van der Waals surface area contributed by atoms with Crippen molar-refractivity contribution in [3.8, 4) is 0 Å². The van der Waals surface area contributed by atoms with Gasteiger partial charge in [0.2, 0.25) is 10.0 Å². The highest BCUT2D eigenvalue weighted by molar-refractivity contribution is 7.89. The van der Waals surface area contributed by atoms with Gasteiger partial charge in [-0.15, -0.1) is 0 Å². The second-order valence-corrected chi connectivity index (χ2v) is 5.98. The molecule has 5 nitrogen and oxygen atoms in total. The molecule has 0 amide bonds. The van der Waals surface area contributed by atoms with Crippen LogP contribution in [0.4, 0.5) is 4.39 Å². The van der Waals surface area contributed by atoms with Gasteiger partial charge in [-0.05, 0) is 13.1 Å². The van der Waals surface area contributed by atoms with Crippen LogP contribution >= 0.6 is 0 Å². The van der Waals surface area contributed by atoms with Gasteiger partial charge < -0.3 is 4.90 Å². The van der Waals surface area contributed by atoms with E-state index in [9.17, 15) is 12.8 Å². The Kier molecular flexibility index (Phi) is 3.41. The molecule has 94 valence electrons. The van der Waals surface area contributed by atoms with Crippen molar-refractivity contribution in [3.63, 3.8) is 0 Å². The van der Waals surface area contributed by atoms with E-state index >= 15 is 0 Å². The first-order chi connectivity index (χ1) is 8.00. The molecule has 1 aromatic heterocycles. The maximum atomic E-state index is 13.0. The normalized spacial score (nSPS) is 19.4. The van der Waals surface area contributed by atoms with Crippen molar-refractivity contribution in [2.75, 3.05) is 33.2 Å². The fourth-order valence-electron chi connectivity index (χ4n) is 1.71. The summed E-state index contributed by atoms with van der Waals surface area (Å²) in [6.07, 6.45) is 2.17. The van der Waals surface area contributed by atoms with Crippen LogP contribution in [0.2, 0.25) is 0 Å². The number of aromatic nitrogens is 1. The Balaban J connectivity index is 2.25. The Hall–Kier alpha value is -1.05. The number of likely N-dealkylation sites (N-methyl/N-ethyl adjacent to an activating group) is 1. The zero-order valence-electron chi connectivity index (χ0n) is 9.50. The summed E-state index contributed by atoms with van der Waals surface area (Å²) >= 11 is 0. The fourth-order valence-corrected chi connectivity index (χ4v) is 3.11. The van der Waals surface area contributed by atoms with E-state index in [1.165, 1.54) is 10.5 Å². The quantitative estimate of drug-likeness (QED) is 0.759. The molecule has 17 heavy (non-hydrogen) atoms. The number of nitrogens with zero attached hydrogens (tertiary/aromatic N) is 3. The molecule has 0 unspecified atom stereocenters. The lowest BCUT2D eigenvalue weighted by atomic mass is 10.4. The summed E-state index contributed by atoms with van der Waals surface area (Å²) in [5.74, 6) is -0.639. The number of halogens is 1. The lowest BCUT2D eigenvalue weighted by Gasteiger charge is -2.31. The molecule has 7 heteroatoms. The number of pyridine rings is 1. The fraction of sp³-hybridized carbons (Fsp3) is 0.500. The van der Waals surface area contributed by atoms with E-state index in [0.29, 0.717) is 26.2 Å². The molecule has 1 aromatic rings. The van der Waals surface area contributed by atoms with Gasteiger partial charge in [-0.3, -0.25) is 4.98 Å². The van der Waals surface area contributed by atoms with Gasteiger partial charge >= 0.3 is 0 Å². The Morgan fingerprint density at radius 3 is 2.47 bits per heavy atom. The first-order valence-electron chi connectivity index (χ1n) is 5.29. The topological polar surface area (TPSA) is 53.5 Å². The number of piperazine rings is 1. The first-order valence-corrected chi connectivity index (χ1v) is 6.73. The Morgan fingerprint density at radius 2 is 1.88 bits per heavy atom. The highest BCUT2D eigenvalue weighted by Crippen LogP contribution is 2.16. The number of sulfonamides is 1. The highest BCUT2D eigenvalue weighted by Gasteiger charge is 2.27. The average molecular weight is 259 g/mol. The van der Waals surface area contributed by atoms with Gasteiger partial charge in [-0.25, -0.2) is 12.8 Å². The van der Waals surface area contributed by atoms with Gasteiger partial charge in [0.1, 0.15) is 10.7 Å². The van der Waals surface area contributed by atoms with E-state index in [1.807, 2.05) is 7.05 Å². The molecule has 0 atom stereocenters. The third-order valence-electron chi connectivity index (χ3n) is 2.78. The Bertz CT molecular complexity index is 498. The van der Waals surface area contributed by atoms with Crippen molar-refractivity contribution >= 4 is 10.0 Å². The SMILES string of the molecule is CN1CCN(S(=O)(=O)c2cncc(F)c2)CC1. The minimum Gasteiger partial charge on any atom is -0.304 e. The summed E-state index contributed by atoms with van der Waals surface area (Å²) in [6, 6.07) is 1.00. The summed E-state index contributed by atoms with van der Waals surface area (Å²) in [6.45, 7) is 2.22. The molecule has 1 aliphatic heterocycles. The van der Waals surface area contributed by atoms with E-state index in [1.54, 1.807) is 0 Å². The zero-order valence-corrected chi connectivity index (χ0v) is 10.3. The lowest BCUT2D eigenvalue weighted by Crippen LogP contribution is -2.47. The van der Waals surface area contributed by atoms with Crippen molar-refractivity contribution in [2.24, 2.45) is 0 Å². The van der Waals surface area contributed by atoms with Gasteiger partial charge in [-0.2, -0.15) is 4.31 Å².